The molecule has 0 fully saturated rings. The summed E-state index contributed by atoms with van der Waals surface area (Å²) in [5, 5.41) is 5.93. The summed E-state index contributed by atoms with van der Waals surface area (Å²) in [6.45, 7) is 0. The van der Waals surface area contributed by atoms with Crippen LogP contribution >= 0.6 is 0 Å². The van der Waals surface area contributed by atoms with Gasteiger partial charge in [0.25, 0.3) is 0 Å². The van der Waals surface area contributed by atoms with Crippen molar-refractivity contribution in [2.45, 2.75) is 25.2 Å². The molecule has 2 aromatic carbocycles. The fourth-order valence-electron chi connectivity index (χ4n) is 4.19. The van der Waals surface area contributed by atoms with E-state index < -0.39 is 0 Å². The standard InChI is InChI=1S/C22H18N2O/c25-19-10-5-9-17-21(19)22(16-8-3-4-13-23-16)20-15-7-2-1-6-14(15)11-12-18(20)24-17/h1-4,6-8,11-13,22,24H,5,9-10H2. The summed E-state index contributed by atoms with van der Waals surface area (Å²) in [6.07, 6.45) is 4.29. The molecule has 1 N–H and O–H groups in total. The summed E-state index contributed by atoms with van der Waals surface area (Å²) in [7, 11) is 0. The first-order chi connectivity index (χ1) is 12.3. The Bertz CT molecular complexity index is 1020. The fourth-order valence-corrected chi connectivity index (χ4v) is 4.19. The monoisotopic (exact) mass is 326 g/mol. The van der Waals surface area contributed by atoms with Gasteiger partial charge in [0.05, 0.1) is 11.6 Å². The highest BCUT2D eigenvalue weighted by Gasteiger charge is 2.36. The molecule has 0 spiro atoms. The summed E-state index contributed by atoms with van der Waals surface area (Å²) in [4.78, 5) is 17.5. The van der Waals surface area contributed by atoms with Crippen LogP contribution in [-0.4, -0.2) is 10.8 Å². The summed E-state index contributed by atoms with van der Waals surface area (Å²) in [5.74, 6) is 0.161. The summed E-state index contributed by atoms with van der Waals surface area (Å²) >= 11 is 0. The van der Waals surface area contributed by atoms with Gasteiger partial charge in [-0.25, -0.2) is 0 Å². The van der Waals surface area contributed by atoms with Gasteiger partial charge in [-0.1, -0.05) is 36.4 Å². The lowest BCUT2D eigenvalue weighted by atomic mass is 9.75. The van der Waals surface area contributed by atoms with Crippen molar-refractivity contribution in [1.29, 1.82) is 0 Å². The van der Waals surface area contributed by atoms with E-state index in [1.54, 1.807) is 0 Å². The Morgan fingerprint density at radius 2 is 1.84 bits per heavy atom. The molecule has 2 heterocycles. The Hall–Kier alpha value is -2.94. The van der Waals surface area contributed by atoms with Crippen molar-refractivity contribution in [3.8, 4) is 0 Å². The van der Waals surface area contributed by atoms with Gasteiger partial charge in [-0.15, -0.1) is 0 Å². The summed E-state index contributed by atoms with van der Waals surface area (Å²) in [5.41, 5.74) is 5.21. The number of carbonyl (C=O) groups excluding carboxylic acids is 1. The molecule has 0 amide bonds. The van der Waals surface area contributed by atoms with Gasteiger partial charge in [0.15, 0.2) is 5.78 Å². The Morgan fingerprint density at radius 1 is 0.960 bits per heavy atom. The lowest BCUT2D eigenvalue weighted by Gasteiger charge is -2.34. The third-order valence-corrected chi connectivity index (χ3v) is 5.27. The molecule has 122 valence electrons. The number of hydrogen-bond donors (Lipinski definition) is 1. The van der Waals surface area contributed by atoms with Crippen LogP contribution < -0.4 is 5.32 Å². The van der Waals surface area contributed by atoms with Crippen molar-refractivity contribution in [2.24, 2.45) is 0 Å². The Morgan fingerprint density at radius 3 is 2.72 bits per heavy atom. The van der Waals surface area contributed by atoms with E-state index in [0.29, 0.717) is 6.42 Å². The van der Waals surface area contributed by atoms with Crippen LogP contribution in [0.4, 0.5) is 5.69 Å². The highest BCUT2D eigenvalue weighted by molar-refractivity contribution is 6.03. The van der Waals surface area contributed by atoms with Crippen molar-refractivity contribution in [3.63, 3.8) is 0 Å². The van der Waals surface area contributed by atoms with Gasteiger partial charge in [0, 0.05) is 29.6 Å². The fraction of sp³-hybridized carbons (Fsp3) is 0.182. The van der Waals surface area contributed by atoms with Gasteiger partial charge in [0.1, 0.15) is 0 Å². The maximum absolute atomic E-state index is 12.8. The minimum absolute atomic E-state index is 0.0913. The van der Waals surface area contributed by atoms with Crippen LogP contribution in [0.25, 0.3) is 10.8 Å². The van der Waals surface area contributed by atoms with Gasteiger partial charge in [-0.05, 0) is 47.4 Å². The lowest BCUT2D eigenvalue weighted by Crippen LogP contribution is -2.27. The molecule has 3 nitrogen and oxygen atoms in total. The zero-order valence-corrected chi connectivity index (χ0v) is 13.8. The summed E-state index contributed by atoms with van der Waals surface area (Å²) < 4.78 is 0. The van der Waals surface area contributed by atoms with Crippen molar-refractivity contribution in [1.82, 2.24) is 4.98 Å². The van der Waals surface area contributed by atoms with Crippen LogP contribution in [0.5, 0.6) is 0 Å². The van der Waals surface area contributed by atoms with Gasteiger partial charge in [0.2, 0.25) is 0 Å². The Labute approximate surface area is 146 Å². The number of pyridine rings is 1. The SMILES string of the molecule is O=C1CCCC2=C1C(c1ccccn1)c1c(ccc3ccccc13)N2. The number of fused-ring (bicyclic) bond motifs is 3. The minimum atomic E-state index is -0.0913. The average molecular weight is 326 g/mol. The van der Waals surface area contributed by atoms with Crippen LogP contribution in [0, 0.1) is 0 Å². The van der Waals surface area contributed by atoms with Crippen LogP contribution in [0.3, 0.4) is 0 Å². The van der Waals surface area contributed by atoms with E-state index >= 15 is 0 Å². The van der Waals surface area contributed by atoms with Crippen LogP contribution in [0.2, 0.25) is 0 Å². The summed E-state index contributed by atoms with van der Waals surface area (Å²) in [6, 6.07) is 18.6. The van der Waals surface area contributed by atoms with Crippen molar-refractivity contribution < 1.29 is 4.79 Å². The smallest absolute Gasteiger partial charge is 0.161 e. The molecule has 5 rings (SSSR count). The largest absolute Gasteiger partial charge is 0.358 e. The van der Waals surface area contributed by atoms with E-state index in [4.69, 9.17) is 0 Å². The van der Waals surface area contributed by atoms with E-state index in [2.05, 4.69) is 46.7 Å². The number of nitrogens with zero attached hydrogens (tertiary/aromatic N) is 1. The molecule has 1 unspecified atom stereocenters. The number of ketones is 1. The van der Waals surface area contributed by atoms with E-state index in [1.807, 2.05) is 24.4 Å². The molecule has 3 aromatic rings. The zero-order chi connectivity index (χ0) is 16.8. The second-order valence-electron chi connectivity index (χ2n) is 6.73. The van der Waals surface area contributed by atoms with Gasteiger partial charge < -0.3 is 5.32 Å². The second-order valence-corrected chi connectivity index (χ2v) is 6.73. The molecule has 0 radical (unpaired) electrons. The molecule has 0 bridgehead atoms. The first-order valence-corrected chi connectivity index (χ1v) is 8.79. The predicted octanol–water partition coefficient (Wildman–Crippen LogP) is 4.80. The van der Waals surface area contributed by atoms with Crippen molar-refractivity contribution >= 4 is 22.2 Å². The van der Waals surface area contributed by atoms with Gasteiger partial charge in [-0.3, -0.25) is 9.78 Å². The van der Waals surface area contributed by atoms with Crippen molar-refractivity contribution in [2.75, 3.05) is 5.32 Å². The molecular weight excluding hydrogens is 308 g/mol. The molecule has 1 aliphatic carbocycles. The lowest BCUT2D eigenvalue weighted by molar-refractivity contribution is -0.116. The van der Waals surface area contributed by atoms with E-state index in [-0.39, 0.29) is 11.7 Å². The number of carbonyl (C=O) groups is 1. The van der Waals surface area contributed by atoms with E-state index in [1.165, 1.54) is 16.3 Å². The number of nitrogens with one attached hydrogen (secondary N) is 1. The first kappa shape index (κ1) is 14.4. The molecule has 2 aliphatic rings. The minimum Gasteiger partial charge on any atom is -0.358 e. The Kier molecular flexibility index (Phi) is 3.20. The van der Waals surface area contributed by atoms with E-state index in [0.717, 1.165) is 35.5 Å². The van der Waals surface area contributed by atoms with E-state index in [9.17, 15) is 4.79 Å². The highest BCUT2D eigenvalue weighted by atomic mass is 16.1. The number of rotatable bonds is 1. The normalized spacial score (nSPS) is 19.4. The molecule has 1 aliphatic heterocycles. The number of aromatic nitrogens is 1. The topological polar surface area (TPSA) is 42.0 Å². The second kappa shape index (κ2) is 5.55. The number of anilines is 1. The number of Topliss-reactive ketones (excluding diaryl/α,β-unsaturated/α-hetero) is 1. The first-order valence-electron chi connectivity index (χ1n) is 8.79. The highest BCUT2D eigenvalue weighted by Crippen LogP contribution is 2.47. The van der Waals surface area contributed by atoms with Gasteiger partial charge >= 0.3 is 0 Å². The molecule has 0 saturated carbocycles. The molecule has 1 atom stereocenters. The Balaban J connectivity index is 1.85. The molecule has 25 heavy (non-hydrogen) atoms. The maximum Gasteiger partial charge on any atom is 0.161 e. The number of hydrogen-bond acceptors (Lipinski definition) is 3. The average Bonchev–Trinajstić information content (AvgIpc) is 2.67. The van der Waals surface area contributed by atoms with Crippen LogP contribution in [0.15, 0.2) is 72.1 Å². The third-order valence-electron chi connectivity index (χ3n) is 5.27. The third kappa shape index (κ3) is 2.19. The molecule has 1 aromatic heterocycles. The van der Waals surface area contributed by atoms with Crippen LogP contribution in [0.1, 0.15) is 36.4 Å². The quantitative estimate of drug-likeness (QED) is 0.698. The van der Waals surface area contributed by atoms with Crippen molar-refractivity contribution in [3.05, 3.63) is 83.3 Å². The van der Waals surface area contributed by atoms with Crippen LogP contribution in [-0.2, 0) is 4.79 Å². The van der Waals surface area contributed by atoms with Gasteiger partial charge in [-0.2, -0.15) is 0 Å². The molecule has 0 saturated heterocycles. The molecule has 3 heteroatoms. The number of allylic oxidation sites excluding steroid dienone is 2. The predicted molar refractivity (Wildman–Crippen MR) is 99.5 cm³/mol. The maximum atomic E-state index is 12.8. The molecular formula is C22H18N2O. The zero-order valence-electron chi connectivity index (χ0n) is 13.8. The number of benzene rings is 2.